The van der Waals surface area contributed by atoms with Crippen molar-refractivity contribution in [1.29, 1.82) is 0 Å². The molecule has 19 heavy (non-hydrogen) atoms. The minimum atomic E-state index is 0.554. The van der Waals surface area contributed by atoms with Gasteiger partial charge in [-0.15, -0.1) is 0 Å². The molecule has 98 valence electrons. The van der Waals surface area contributed by atoms with Gasteiger partial charge < -0.3 is 11.1 Å². The lowest BCUT2D eigenvalue weighted by Gasteiger charge is -2.20. The second kappa shape index (κ2) is 5.10. The van der Waals surface area contributed by atoms with Crippen LogP contribution >= 0.6 is 11.6 Å². The molecule has 3 rings (SSSR count). The van der Waals surface area contributed by atoms with Crippen LogP contribution in [0.2, 0.25) is 5.02 Å². The predicted octanol–water partition coefficient (Wildman–Crippen LogP) is 3.94. The number of nitrogens with zero attached hydrogens (tertiary/aromatic N) is 1. The molecule has 1 aromatic carbocycles. The Hall–Kier alpha value is -1.74. The van der Waals surface area contributed by atoms with Crippen LogP contribution in [0.5, 0.6) is 0 Å². The lowest BCUT2D eigenvalue weighted by molar-refractivity contribution is 0.687. The first-order valence-electron chi connectivity index (χ1n) is 6.53. The lowest BCUT2D eigenvalue weighted by Crippen LogP contribution is -2.07. The normalized spacial score (nSPS) is 13.9. The zero-order valence-corrected chi connectivity index (χ0v) is 11.4. The molecule has 1 heterocycles. The highest BCUT2D eigenvalue weighted by Gasteiger charge is 2.13. The molecular formula is C15H16ClN3. The van der Waals surface area contributed by atoms with Crippen LogP contribution in [0, 0.1) is 0 Å². The number of hydrogen-bond donors (Lipinski definition) is 2. The summed E-state index contributed by atoms with van der Waals surface area (Å²) in [5.74, 6) is 0.670. The Morgan fingerprint density at radius 1 is 1.21 bits per heavy atom. The maximum atomic E-state index is 5.94. The third-order valence-corrected chi connectivity index (χ3v) is 3.74. The van der Waals surface area contributed by atoms with Gasteiger partial charge in [-0.05, 0) is 48.9 Å². The Labute approximate surface area is 117 Å². The van der Waals surface area contributed by atoms with Gasteiger partial charge in [-0.3, -0.25) is 0 Å². The molecule has 1 aliphatic carbocycles. The molecule has 0 unspecified atom stereocenters. The summed E-state index contributed by atoms with van der Waals surface area (Å²) < 4.78 is 0. The zero-order chi connectivity index (χ0) is 13.2. The van der Waals surface area contributed by atoms with Crippen LogP contribution in [-0.4, -0.2) is 4.98 Å². The fourth-order valence-corrected chi connectivity index (χ4v) is 2.75. The number of anilines is 3. The average molecular weight is 274 g/mol. The van der Waals surface area contributed by atoms with Crippen molar-refractivity contribution in [3.63, 3.8) is 0 Å². The van der Waals surface area contributed by atoms with E-state index in [2.05, 4.69) is 28.5 Å². The lowest BCUT2D eigenvalue weighted by atomic mass is 9.90. The number of rotatable bonds is 2. The van der Waals surface area contributed by atoms with E-state index in [0.717, 1.165) is 18.5 Å². The van der Waals surface area contributed by atoms with Crippen molar-refractivity contribution < 1.29 is 0 Å². The molecule has 2 aromatic rings. The van der Waals surface area contributed by atoms with Gasteiger partial charge in [0, 0.05) is 11.9 Å². The number of nitrogens with one attached hydrogen (secondary N) is 1. The topological polar surface area (TPSA) is 50.9 Å². The molecule has 0 bridgehead atoms. The summed E-state index contributed by atoms with van der Waals surface area (Å²) in [6.07, 6.45) is 6.41. The molecule has 1 aliphatic rings. The summed E-state index contributed by atoms with van der Waals surface area (Å²) in [4.78, 5) is 4.25. The van der Waals surface area contributed by atoms with Crippen LogP contribution < -0.4 is 11.1 Å². The molecule has 0 saturated carbocycles. The first kappa shape index (κ1) is 12.3. The van der Waals surface area contributed by atoms with E-state index in [1.165, 1.54) is 24.0 Å². The van der Waals surface area contributed by atoms with Crippen LogP contribution in [-0.2, 0) is 12.8 Å². The molecule has 1 aromatic heterocycles. The number of hydrogen-bond acceptors (Lipinski definition) is 3. The highest BCUT2D eigenvalue weighted by atomic mass is 35.5. The smallest absolute Gasteiger partial charge is 0.153 e. The van der Waals surface area contributed by atoms with Crippen molar-refractivity contribution in [2.45, 2.75) is 25.7 Å². The second-order valence-electron chi connectivity index (χ2n) is 4.87. The summed E-state index contributed by atoms with van der Waals surface area (Å²) in [5, 5.41) is 3.89. The number of nitrogen functional groups attached to an aromatic ring is 1. The van der Waals surface area contributed by atoms with Crippen molar-refractivity contribution in [1.82, 2.24) is 4.98 Å². The van der Waals surface area contributed by atoms with E-state index in [1.54, 1.807) is 12.3 Å². The van der Waals surface area contributed by atoms with E-state index in [-0.39, 0.29) is 0 Å². The van der Waals surface area contributed by atoms with Crippen LogP contribution in [0.1, 0.15) is 24.0 Å². The van der Waals surface area contributed by atoms with Gasteiger partial charge in [-0.2, -0.15) is 0 Å². The third kappa shape index (κ3) is 2.51. The fourth-order valence-electron chi connectivity index (χ4n) is 2.59. The number of aryl methyl sites for hydroxylation is 1. The predicted molar refractivity (Wildman–Crippen MR) is 80.0 cm³/mol. The first-order valence-corrected chi connectivity index (χ1v) is 6.90. The average Bonchev–Trinajstić information content (AvgIpc) is 2.42. The number of halogens is 1. The van der Waals surface area contributed by atoms with Gasteiger partial charge in [0.25, 0.3) is 0 Å². The molecule has 0 fully saturated rings. The van der Waals surface area contributed by atoms with Gasteiger partial charge in [0.15, 0.2) is 5.82 Å². The first-order chi connectivity index (χ1) is 9.24. The fraction of sp³-hybridized carbons (Fsp3) is 0.267. The quantitative estimate of drug-likeness (QED) is 0.871. The maximum Gasteiger partial charge on any atom is 0.153 e. The van der Waals surface area contributed by atoms with Crippen LogP contribution in [0.3, 0.4) is 0 Å². The van der Waals surface area contributed by atoms with E-state index in [1.807, 2.05) is 0 Å². The molecule has 0 atom stereocenters. The van der Waals surface area contributed by atoms with Gasteiger partial charge in [-0.1, -0.05) is 23.7 Å². The van der Waals surface area contributed by atoms with E-state index in [9.17, 15) is 0 Å². The Morgan fingerprint density at radius 2 is 2.05 bits per heavy atom. The molecule has 0 saturated heterocycles. The van der Waals surface area contributed by atoms with Gasteiger partial charge in [0.1, 0.15) is 0 Å². The van der Waals surface area contributed by atoms with Crippen LogP contribution in [0.25, 0.3) is 0 Å². The molecule has 3 nitrogen and oxygen atoms in total. The number of fused-ring (bicyclic) bond motifs is 1. The third-order valence-electron chi connectivity index (χ3n) is 3.53. The zero-order valence-electron chi connectivity index (χ0n) is 10.6. The minimum Gasteiger partial charge on any atom is -0.396 e. The molecule has 4 heteroatoms. The van der Waals surface area contributed by atoms with E-state index in [4.69, 9.17) is 17.3 Å². The molecule has 0 spiro atoms. The standard InChI is InChI=1S/C15H16ClN3/c16-11-8-13(17)15(18-9-11)19-14-7-3-5-10-4-1-2-6-12(10)14/h3,5,7-9H,1-2,4,6,17H2,(H,18,19). The number of pyridine rings is 1. The Morgan fingerprint density at radius 3 is 2.89 bits per heavy atom. The Kier molecular flexibility index (Phi) is 3.30. The van der Waals surface area contributed by atoms with Gasteiger partial charge in [-0.25, -0.2) is 4.98 Å². The number of nitrogens with two attached hydrogens (primary N) is 1. The van der Waals surface area contributed by atoms with Crippen molar-refractivity contribution >= 4 is 28.8 Å². The van der Waals surface area contributed by atoms with E-state index >= 15 is 0 Å². The summed E-state index contributed by atoms with van der Waals surface area (Å²) in [6.45, 7) is 0. The molecular weight excluding hydrogens is 258 g/mol. The number of benzene rings is 1. The highest BCUT2D eigenvalue weighted by molar-refractivity contribution is 6.30. The SMILES string of the molecule is Nc1cc(Cl)cnc1Nc1cccc2c1CCCC2. The van der Waals surface area contributed by atoms with E-state index in [0.29, 0.717) is 16.5 Å². The minimum absolute atomic E-state index is 0.554. The summed E-state index contributed by atoms with van der Waals surface area (Å²) in [6, 6.07) is 8.09. The summed E-state index contributed by atoms with van der Waals surface area (Å²) in [7, 11) is 0. The van der Waals surface area contributed by atoms with Crippen molar-refractivity contribution in [2.75, 3.05) is 11.1 Å². The highest BCUT2D eigenvalue weighted by Crippen LogP contribution is 2.31. The molecule has 3 N–H and O–H groups in total. The van der Waals surface area contributed by atoms with Crippen molar-refractivity contribution in [3.8, 4) is 0 Å². The largest absolute Gasteiger partial charge is 0.396 e. The number of aromatic nitrogens is 1. The van der Waals surface area contributed by atoms with Crippen molar-refractivity contribution in [3.05, 3.63) is 46.6 Å². The van der Waals surface area contributed by atoms with Crippen LogP contribution in [0.15, 0.2) is 30.5 Å². The van der Waals surface area contributed by atoms with Crippen LogP contribution in [0.4, 0.5) is 17.2 Å². The van der Waals surface area contributed by atoms with Gasteiger partial charge in [0.2, 0.25) is 0 Å². The van der Waals surface area contributed by atoms with E-state index < -0.39 is 0 Å². The molecule has 0 amide bonds. The van der Waals surface area contributed by atoms with Gasteiger partial charge >= 0.3 is 0 Å². The monoisotopic (exact) mass is 273 g/mol. The molecule has 0 radical (unpaired) electrons. The Balaban J connectivity index is 1.95. The maximum absolute atomic E-state index is 5.94. The summed E-state index contributed by atoms with van der Waals surface area (Å²) >= 11 is 5.87. The molecule has 0 aliphatic heterocycles. The second-order valence-corrected chi connectivity index (χ2v) is 5.30. The Bertz CT molecular complexity index is 610. The van der Waals surface area contributed by atoms with Gasteiger partial charge in [0.05, 0.1) is 10.7 Å². The summed E-state index contributed by atoms with van der Waals surface area (Å²) in [5.41, 5.74) is 10.4. The van der Waals surface area contributed by atoms with Crippen molar-refractivity contribution in [2.24, 2.45) is 0 Å².